The Hall–Kier alpha value is -2.21. The molecule has 2 N–H and O–H groups in total. The molecule has 0 unspecified atom stereocenters. The van der Waals surface area contributed by atoms with E-state index in [1.807, 2.05) is 24.3 Å². The first-order valence-corrected chi connectivity index (χ1v) is 10.00. The molecule has 1 saturated heterocycles. The van der Waals surface area contributed by atoms with Gasteiger partial charge < -0.3 is 14.7 Å². The molecule has 0 amide bonds. The van der Waals surface area contributed by atoms with E-state index in [-0.39, 0.29) is 24.0 Å². The third-order valence-corrected chi connectivity index (χ3v) is 5.23. The molecule has 3 aromatic rings. The normalized spacial score (nSPS) is 15.1. The SMILES string of the molecule is CN=C(NCCc1nc(-c2cccc(Cl)c2)no1)N1CCC(c2ncn[nH]2)CC1.I. The van der Waals surface area contributed by atoms with E-state index in [0.717, 1.165) is 43.3 Å². The van der Waals surface area contributed by atoms with Crippen LogP contribution in [0, 0.1) is 0 Å². The molecule has 1 aliphatic heterocycles. The zero-order chi connectivity index (χ0) is 20.1. The van der Waals surface area contributed by atoms with Gasteiger partial charge in [0.25, 0.3) is 0 Å². The number of nitrogens with zero attached hydrogens (tertiary/aromatic N) is 6. The fraction of sp³-hybridized carbons (Fsp3) is 0.421. The van der Waals surface area contributed by atoms with E-state index in [0.29, 0.717) is 35.6 Å². The summed E-state index contributed by atoms with van der Waals surface area (Å²) in [4.78, 5) is 15.4. The van der Waals surface area contributed by atoms with Gasteiger partial charge in [0, 0.05) is 49.6 Å². The quantitative estimate of drug-likeness (QED) is 0.290. The minimum atomic E-state index is 0. The number of guanidine groups is 1. The van der Waals surface area contributed by atoms with E-state index in [1.165, 1.54) is 0 Å². The molecular weight excluding hydrogens is 519 g/mol. The summed E-state index contributed by atoms with van der Waals surface area (Å²) in [7, 11) is 1.80. The van der Waals surface area contributed by atoms with Crippen molar-refractivity contribution in [2.24, 2.45) is 4.99 Å². The molecule has 1 aliphatic rings. The van der Waals surface area contributed by atoms with Crippen molar-refractivity contribution in [2.75, 3.05) is 26.7 Å². The summed E-state index contributed by atoms with van der Waals surface area (Å²) in [6.45, 7) is 2.50. The number of halogens is 2. The lowest BCUT2D eigenvalue weighted by molar-refractivity contribution is 0.298. The summed E-state index contributed by atoms with van der Waals surface area (Å²) in [5.41, 5.74) is 0.839. The molecule has 0 spiro atoms. The van der Waals surface area contributed by atoms with Crippen LogP contribution in [0.3, 0.4) is 0 Å². The Labute approximate surface area is 196 Å². The predicted octanol–water partition coefficient (Wildman–Crippen LogP) is 3.12. The van der Waals surface area contributed by atoms with E-state index in [1.54, 1.807) is 13.4 Å². The molecule has 11 heteroatoms. The maximum absolute atomic E-state index is 6.03. The van der Waals surface area contributed by atoms with E-state index >= 15 is 0 Å². The fourth-order valence-electron chi connectivity index (χ4n) is 3.49. The second kappa shape index (κ2) is 10.7. The topological polar surface area (TPSA) is 108 Å². The first-order chi connectivity index (χ1) is 14.2. The van der Waals surface area contributed by atoms with Gasteiger partial charge in [-0.3, -0.25) is 10.1 Å². The highest BCUT2D eigenvalue weighted by molar-refractivity contribution is 14.0. The minimum Gasteiger partial charge on any atom is -0.356 e. The highest BCUT2D eigenvalue weighted by atomic mass is 127. The molecule has 1 aromatic carbocycles. The second-order valence-electron chi connectivity index (χ2n) is 6.88. The average Bonchev–Trinajstić information content (AvgIpc) is 3.44. The number of H-pyrrole nitrogens is 1. The number of aliphatic imine (C=N–C) groups is 1. The van der Waals surface area contributed by atoms with Crippen molar-refractivity contribution in [3.63, 3.8) is 0 Å². The number of hydrogen-bond donors (Lipinski definition) is 2. The van der Waals surface area contributed by atoms with E-state index < -0.39 is 0 Å². The first kappa shape index (κ1) is 22.5. The largest absolute Gasteiger partial charge is 0.356 e. The Morgan fingerprint density at radius 1 is 1.37 bits per heavy atom. The van der Waals surface area contributed by atoms with Crippen LogP contribution in [0.5, 0.6) is 0 Å². The second-order valence-corrected chi connectivity index (χ2v) is 7.31. The van der Waals surface area contributed by atoms with Crippen LogP contribution < -0.4 is 5.32 Å². The van der Waals surface area contributed by atoms with Crippen LogP contribution >= 0.6 is 35.6 Å². The monoisotopic (exact) mass is 542 g/mol. The van der Waals surface area contributed by atoms with Gasteiger partial charge >= 0.3 is 0 Å². The smallest absolute Gasteiger partial charge is 0.228 e. The number of aromatic nitrogens is 5. The Morgan fingerprint density at radius 2 is 2.20 bits per heavy atom. The predicted molar refractivity (Wildman–Crippen MR) is 125 cm³/mol. The molecule has 0 radical (unpaired) electrons. The van der Waals surface area contributed by atoms with E-state index in [9.17, 15) is 0 Å². The lowest BCUT2D eigenvalue weighted by atomic mass is 9.96. The van der Waals surface area contributed by atoms with Crippen LogP contribution in [0.4, 0.5) is 0 Å². The number of aromatic amines is 1. The van der Waals surface area contributed by atoms with Gasteiger partial charge in [0.2, 0.25) is 11.7 Å². The molecular formula is C19H24ClIN8O. The molecule has 160 valence electrons. The Balaban J connectivity index is 0.00000256. The van der Waals surface area contributed by atoms with Crippen molar-refractivity contribution in [1.82, 2.24) is 35.5 Å². The van der Waals surface area contributed by atoms with Gasteiger partial charge in [-0.1, -0.05) is 28.9 Å². The third-order valence-electron chi connectivity index (χ3n) is 5.00. The molecule has 4 rings (SSSR count). The number of piperidine rings is 1. The van der Waals surface area contributed by atoms with Gasteiger partial charge in [-0.15, -0.1) is 24.0 Å². The summed E-state index contributed by atoms with van der Waals surface area (Å²) in [6, 6.07) is 7.41. The highest BCUT2D eigenvalue weighted by Crippen LogP contribution is 2.25. The van der Waals surface area contributed by atoms with Gasteiger partial charge in [-0.25, -0.2) is 4.98 Å². The van der Waals surface area contributed by atoms with Crippen molar-refractivity contribution >= 4 is 41.5 Å². The lowest BCUT2D eigenvalue weighted by Crippen LogP contribution is -2.45. The highest BCUT2D eigenvalue weighted by Gasteiger charge is 2.24. The summed E-state index contributed by atoms with van der Waals surface area (Å²) >= 11 is 6.03. The van der Waals surface area contributed by atoms with Crippen molar-refractivity contribution < 1.29 is 4.52 Å². The Kier molecular flexibility index (Phi) is 8.02. The van der Waals surface area contributed by atoms with Crippen molar-refractivity contribution in [3.05, 3.63) is 47.3 Å². The molecule has 9 nitrogen and oxygen atoms in total. The van der Waals surface area contributed by atoms with Crippen LogP contribution in [-0.4, -0.2) is 62.9 Å². The molecule has 0 bridgehead atoms. The van der Waals surface area contributed by atoms with E-state index in [2.05, 4.69) is 40.5 Å². The van der Waals surface area contributed by atoms with Gasteiger partial charge in [0.1, 0.15) is 12.2 Å². The van der Waals surface area contributed by atoms with E-state index in [4.69, 9.17) is 16.1 Å². The maximum atomic E-state index is 6.03. The summed E-state index contributed by atoms with van der Waals surface area (Å²) < 4.78 is 5.36. The van der Waals surface area contributed by atoms with Gasteiger partial charge in [-0.05, 0) is 25.0 Å². The lowest BCUT2D eigenvalue weighted by Gasteiger charge is -2.33. The number of hydrogen-bond acceptors (Lipinski definition) is 6. The molecule has 3 heterocycles. The van der Waals surface area contributed by atoms with Crippen molar-refractivity contribution in [1.29, 1.82) is 0 Å². The molecule has 0 atom stereocenters. The average molecular weight is 543 g/mol. The van der Waals surface area contributed by atoms with Crippen molar-refractivity contribution in [2.45, 2.75) is 25.2 Å². The van der Waals surface area contributed by atoms with Crippen molar-refractivity contribution in [3.8, 4) is 11.4 Å². The number of likely N-dealkylation sites (tertiary alicyclic amines) is 1. The third kappa shape index (κ3) is 5.48. The first-order valence-electron chi connectivity index (χ1n) is 9.62. The van der Waals surface area contributed by atoms with Gasteiger partial charge in [0.05, 0.1) is 0 Å². The standard InChI is InChI=1S/C19H23ClN8O.HI/c1-21-19(28-9-6-13(7-10-28)17-23-12-24-26-17)22-8-5-16-25-18(27-29-16)14-3-2-4-15(20)11-14;/h2-4,11-13H,5-10H2,1H3,(H,21,22)(H,23,24,26);1H. The van der Waals surface area contributed by atoms with Gasteiger partial charge in [0.15, 0.2) is 5.96 Å². The summed E-state index contributed by atoms with van der Waals surface area (Å²) in [5.74, 6) is 3.40. The molecule has 1 fully saturated rings. The molecule has 0 aliphatic carbocycles. The fourth-order valence-corrected chi connectivity index (χ4v) is 3.68. The summed E-state index contributed by atoms with van der Waals surface area (Å²) in [5, 5.41) is 15.0. The summed E-state index contributed by atoms with van der Waals surface area (Å²) in [6.07, 6.45) is 4.21. The molecule has 2 aromatic heterocycles. The van der Waals surface area contributed by atoms with Gasteiger partial charge in [-0.2, -0.15) is 10.1 Å². The van der Waals surface area contributed by atoms with Crippen LogP contribution in [-0.2, 0) is 6.42 Å². The zero-order valence-electron chi connectivity index (χ0n) is 16.6. The molecule has 30 heavy (non-hydrogen) atoms. The zero-order valence-corrected chi connectivity index (χ0v) is 19.7. The minimum absolute atomic E-state index is 0. The maximum Gasteiger partial charge on any atom is 0.228 e. The Bertz CT molecular complexity index is 953. The Morgan fingerprint density at radius 3 is 2.90 bits per heavy atom. The van der Waals surface area contributed by atoms with Crippen LogP contribution in [0.15, 0.2) is 40.1 Å². The number of benzene rings is 1. The van der Waals surface area contributed by atoms with Crippen LogP contribution in [0.1, 0.15) is 30.5 Å². The number of nitrogens with one attached hydrogen (secondary N) is 2. The van der Waals surface area contributed by atoms with Crippen LogP contribution in [0.25, 0.3) is 11.4 Å². The van der Waals surface area contributed by atoms with Crippen LogP contribution in [0.2, 0.25) is 5.02 Å². The molecule has 0 saturated carbocycles. The number of rotatable bonds is 5.